The van der Waals surface area contributed by atoms with Crippen molar-refractivity contribution >= 4 is 64.4 Å². The second kappa shape index (κ2) is 9.80. The van der Waals surface area contributed by atoms with E-state index in [0.717, 1.165) is 5.69 Å². The molecule has 6 aromatic carbocycles. The molecule has 7 aromatic rings. The van der Waals surface area contributed by atoms with Crippen molar-refractivity contribution in [1.82, 2.24) is 0 Å². The molecule has 1 N–H and O–H groups in total. The molecule has 1 aromatic heterocycles. The molecule has 8 rings (SSSR count). The molecule has 1 aliphatic rings. The number of benzene rings is 6. The first-order valence-electron chi connectivity index (χ1n) is 14.6. The summed E-state index contributed by atoms with van der Waals surface area (Å²) in [4.78, 5) is 0. The molecule has 0 bridgehead atoms. The first kappa shape index (κ1) is 23.7. The van der Waals surface area contributed by atoms with Crippen LogP contribution in [-0.2, 0) is 0 Å². The van der Waals surface area contributed by atoms with Gasteiger partial charge in [0.25, 0.3) is 0 Å². The fraction of sp³-hybridized carbons (Fsp3) is 0.158. The third-order valence-corrected chi connectivity index (χ3v) is 10.1. The lowest BCUT2D eigenvalue weighted by Gasteiger charge is -2.22. The van der Waals surface area contributed by atoms with Gasteiger partial charge in [-0.1, -0.05) is 116 Å². The van der Waals surface area contributed by atoms with Gasteiger partial charge in [0.2, 0.25) is 0 Å². The number of fused-ring (bicyclic) bond motifs is 6. The van der Waals surface area contributed by atoms with Crippen molar-refractivity contribution in [3.8, 4) is 11.1 Å². The summed E-state index contributed by atoms with van der Waals surface area (Å²) in [5.41, 5.74) is 6.39. The van der Waals surface area contributed by atoms with Crippen LogP contribution in [-0.4, -0.2) is 0 Å². The molecular formula is C38H31NS. The minimum absolute atomic E-state index is 0.690. The second-order valence-electron chi connectivity index (χ2n) is 11.2. The van der Waals surface area contributed by atoms with Gasteiger partial charge in [0.1, 0.15) is 0 Å². The van der Waals surface area contributed by atoms with Crippen molar-refractivity contribution < 1.29 is 0 Å². The van der Waals surface area contributed by atoms with E-state index in [9.17, 15) is 0 Å². The Hall–Kier alpha value is -4.14. The first-order valence-corrected chi connectivity index (χ1v) is 15.4. The molecule has 1 fully saturated rings. The Morgan fingerprint density at radius 3 is 2.12 bits per heavy atom. The summed E-state index contributed by atoms with van der Waals surface area (Å²) in [5.74, 6) is 0.690. The minimum Gasteiger partial charge on any atom is -0.354 e. The molecule has 194 valence electrons. The van der Waals surface area contributed by atoms with Gasteiger partial charge >= 0.3 is 0 Å². The summed E-state index contributed by atoms with van der Waals surface area (Å²) in [6, 6.07) is 42.4. The van der Waals surface area contributed by atoms with Gasteiger partial charge < -0.3 is 5.32 Å². The Labute approximate surface area is 239 Å². The van der Waals surface area contributed by atoms with Gasteiger partial charge in [-0.05, 0) is 75.2 Å². The molecule has 0 radical (unpaired) electrons. The molecule has 40 heavy (non-hydrogen) atoms. The van der Waals surface area contributed by atoms with Gasteiger partial charge in [0.05, 0.1) is 10.4 Å². The topological polar surface area (TPSA) is 12.0 Å². The Balaban J connectivity index is 1.24. The lowest BCUT2D eigenvalue weighted by Crippen LogP contribution is -2.04. The lowest BCUT2D eigenvalue weighted by atomic mass is 9.83. The number of hydrogen-bond donors (Lipinski definition) is 1. The van der Waals surface area contributed by atoms with Crippen molar-refractivity contribution in [2.75, 3.05) is 5.32 Å². The Bertz CT molecular complexity index is 2000. The normalized spacial score (nSPS) is 14.4. The number of anilines is 2. The summed E-state index contributed by atoms with van der Waals surface area (Å²) in [6.45, 7) is 0. The monoisotopic (exact) mass is 533 g/mol. The van der Waals surface area contributed by atoms with Gasteiger partial charge in [-0.15, -0.1) is 11.3 Å². The van der Waals surface area contributed by atoms with E-state index in [4.69, 9.17) is 0 Å². The van der Waals surface area contributed by atoms with E-state index < -0.39 is 0 Å². The second-order valence-corrected chi connectivity index (χ2v) is 12.3. The summed E-state index contributed by atoms with van der Waals surface area (Å²) >= 11 is 1.98. The van der Waals surface area contributed by atoms with Crippen LogP contribution in [0.15, 0.2) is 115 Å². The fourth-order valence-corrected chi connectivity index (χ4v) is 8.24. The maximum Gasteiger partial charge on any atom is 0.0597 e. The highest BCUT2D eigenvalue weighted by Gasteiger charge is 2.21. The standard InChI is InChI=1S/C38H31NS/c1-2-10-26(11-3-1)33-18-9-19-34-36-32-16-7-5-13-28(32)24-35(38(36)40-37(33)34)39-29-22-20-27(21-23-29)31-17-8-14-25-12-4-6-15-30(25)31/h4-9,12-24,26,39H,1-3,10-11H2. The van der Waals surface area contributed by atoms with Crippen LogP contribution in [0.2, 0.25) is 0 Å². The van der Waals surface area contributed by atoms with Gasteiger partial charge in [-0.3, -0.25) is 0 Å². The Morgan fingerprint density at radius 2 is 1.27 bits per heavy atom. The zero-order valence-electron chi connectivity index (χ0n) is 22.5. The van der Waals surface area contributed by atoms with Crippen molar-refractivity contribution in [1.29, 1.82) is 0 Å². The molecule has 0 amide bonds. The third kappa shape index (κ3) is 3.98. The molecule has 0 aliphatic heterocycles. The van der Waals surface area contributed by atoms with Crippen LogP contribution in [0, 0.1) is 0 Å². The van der Waals surface area contributed by atoms with Gasteiger partial charge in [-0.25, -0.2) is 0 Å². The van der Waals surface area contributed by atoms with E-state index in [2.05, 4.69) is 121 Å². The number of rotatable bonds is 4. The van der Waals surface area contributed by atoms with Gasteiger partial charge in [0.15, 0.2) is 0 Å². The predicted octanol–water partition coefficient (Wildman–Crippen LogP) is 11.8. The number of nitrogens with one attached hydrogen (secondary N) is 1. The Morgan fingerprint density at radius 1 is 0.575 bits per heavy atom. The van der Waals surface area contributed by atoms with Crippen molar-refractivity contribution in [2.24, 2.45) is 0 Å². The van der Waals surface area contributed by atoms with Crippen LogP contribution in [0.5, 0.6) is 0 Å². The third-order valence-electron chi connectivity index (χ3n) is 8.83. The van der Waals surface area contributed by atoms with Crippen LogP contribution < -0.4 is 5.32 Å². The molecule has 1 heterocycles. The summed E-state index contributed by atoms with van der Waals surface area (Å²) < 4.78 is 2.84. The van der Waals surface area contributed by atoms with Crippen LogP contribution >= 0.6 is 11.3 Å². The van der Waals surface area contributed by atoms with Crippen LogP contribution in [0.4, 0.5) is 11.4 Å². The summed E-state index contributed by atoms with van der Waals surface area (Å²) in [5, 5.41) is 11.8. The SMILES string of the molecule is c1ccc2c(-c3ccc(Nc4cc5ccccc5c5c4sc4c(C6CCCCC6)cccc45)cc3)cccc2c1. The summed E-state index contributed by atoms with van der Waals surface area (Å²) in [7, 11) is 0. The molecule has 1 aliphatic carbocycles. The largest absolute Gasteiger partial charge is 0.354 e. The molecule has 0 spiro atoms. The minimum atomic E-state index is 0.690. The molecule has 0 saturated heterocycles. The molecule has 0 unspecified atom stereocenters. The van der Waals surface area contributed by atoms with E-state index in [0.29, 0.717) is 5.92 Å². The van der Waals surface area contributed by atoms with Crippen molar-refractivity contribution in [3.05, 3.63) is 121 Å². The zero-order chi connectivity index (χ0) is 26.5. The van der Waals surface area contributed by atoms with E-state index in [1.807, 2.05) is 11.3 Å². The molecule has 0 atom stereocenters. The zero-order valence-corrected chi connectivity index (χ0v) is 23.3. The van der Waals surface area contributed by atoms with Crippen LogP contribution in [0.3, 0.4) is 0 Å². The summed E-state index contributed by atoms with van der Waals surface area (Å²) in [6.07, 6.45) is 6.74. The lowest BCUT2D eigenvalue weighted by molar-refractivity contribution is 0.446. The van der Waals surface area contributed by atoms with E-state index in [-0.39, 0.29) is 0 Å². The molecule has 2 heteroatoms. The highest BCUT2D eigenvalue weighted by molar-refractivity contribution is 7.26. The van der Waals surface area contributed by atoms with Crippen molar-refractivity contribution in [2.45, 2.75) is 38.0 Å². The van der Waals surface area contributed by atoms with Crippen molar-refractivity contribution in [3.63, 3.8) is 0 Å². The quantitative estimate of drug-likeness (QED) is 0.237. The highest BCUT2D eigenvalue weighted by atomic mass is 32.1. The number of thiophene rings is 1. The maximum absolute atomic E-state index is 3.83. The van der Waals surface area contributed by atoms with Crippen LogP contribution in [0.1, 0.15) is 43.6 Å². The smallest absolute Gasteiger partial charge is 0.0597 e. The Kier molecular flexibility index (Phi) is 5.81. The van der Waals surface area contributed by atoms with E-state index >= 15 is 0 Å². The fourth-order valence-electron chi connectivity index (χ4n) is 6.86. The van der Waals surface area contributed by atoms with Crippen LogP contribution in [0.25, 0.3) is 52.8 Å². The van der Waals surface area contributed by atoms with Gasteiger partial charge in [-0.2, -0.15) is 0 Å². The van der Waals surface area contributed by atoms with E-state index in [1.54, 1.807) is 5.56 Å². The first-order chi connectivity index (χ1) is 19.8. The average Bonchev–Trinajstić information content (AvgIpc) is 3.42. The van der Waals surface area contributed by atoms with E-state index in [1.165, 1.54) is 90.6 Å². The maximum atomic E-state index is 3.83. The number of hydrogen-bond acceptors (Lipinski definition) is 2. The molecule has 1 nitrogen and oxygen atoms in total. The predicted molar refractivity (Wildman–Crippen MR) is 175 cm³/mol. The van der Waals surface area contributed by atoms with Gasteiger partial charge in [0, 0.05) is 21.2 Å². The average molecular weight is 534 g/mol. The highest BCUT2D eigenvalue weighted by Crippen LogP contribution is 2.47. The molecule has 1 saturated carbocycles. The molecular weight excluding hydrogens is 502 g/mol.